The summed E-state index contributed by atoms with van der Waals surface area (Å²) in [5.41, 5.74) is 4.46. The van der Waals surface area contributed by atoms with Crippen molar-refractivity contribution >= 4 is 5.91 Å². The molecule has 0 unspecified atom stereocenters. The fourth-order valence-corrected chi connectivity index (χ4v) is 2.91. The molecule has 118 valence electrons. The van der Waals surface area contributed by atoms with Crippen LogP contribution in [0.5, 0.6) is 0 Å². The van der Waals surface area contributed by atoms with Crippen LogP contribution in [0.2, 0.25) is 0 Å². The smallest absolute Gasteiger partial charge is 0.254 e. The highest BCUT2D eigenvalue weighted by atomic mass is 16.2. The molecular weight excluding hydrogens is 290 g/mol. The van der Waals surface area contributed by atoms with Gasteiger partial charge in [0.05, 0.1) is 36.1 Å². The Kier molecular flexibility index (Phi) is 3.89. The van der Waals surface area contributed by atoms with Crippen molar-refractivity contribution in [2.45, 2.75) is 19.6 Å². The Morgan fingerprint density at radius 1 is 1.30 bits per heavy atom. The van der Waals surface area contributed by atoms with Gasteiger partial charge in [0.15, 0.2) is 0 Å². The zero-order valence-corrected chi connectivity index (χ0v) is 13.6. The maximum absolute atomic E-state index is 12.7. The minimum absolute atomic E-state index is 0.0125. The number of rotatable bonds is 3. The zero-order valence-electron chi connectivity index (χ0n) is 13.6. The van der Waals surface area contributed by atoms with Gasteiger partial charge in [-0.2, -0.15) is 10.4 Å². The molecule has 23 heavy (non-hydrogen) atoms. The molecule has 1 aromatic carbocycles. The molecule has 0 spiro atoms. The molecule has 0 aliphatic carbocycles. The summed E-state index contributed by atoms with van der Waals surface area (Å²) in [6.07, 6.45) is 0. The normalized spacial score (nSPS) is 13.3. The van der Waals surface area contributed by atoms with E-state index in [1.807, 2.05) is 30.7 Å². The third kappa shape index (κ3) is 2.83. The molecule has 2 heterocycles. The lowest BCUT2D eigenvalue weighted by atomic mass is 10.1. The zero-order chi connectivity index (χ0) is 16.6. The first-order valence-electron chi connectivity index (χ1n) is 7.47. The summed E-state index contributed by atoms with van der Waals surface area (Å²) in [6.45, 7) is 1.93. The lowest BCUT2D eigenvalue weighted by Crippen LogP contribution is -2.26. The van der Waals surface area contributed by atoms with Crippen LogP contribution in [0.4, 0.5) is 0 Å². The van der Waals surface area contributed by atoms with Crippen LogP contribution >= 0.6 is 0 Å². The lowest BCUT2D eigenvalue weighted by molar-refractivity contribution is 0.0748. The van der Waals surface area contributed by atoms with E-state index in [2.05, 4.69) is 16.1 Å². The number of fused-ring (bicyclic) bond motifs is 1. The van der Waals surface area contributed by atoms with Gasteiger partial charge < -0.3 is 9.80 Å². The fraction of sp³-hybridized carbons (Fsp3) is 0.353. The maximum atomic E-state index is 12.7. The van der Waals surface area contributed by atoms with Gasteiger partial charge in [-0.15, -0.1) is 0 Å². The summed E-state index contributed by atoms with van der Waals surface area (Å²) in [6, 6.07) is 8.84. The third-order valence-electron chi connectivity index (χ3n) is 4.06. The standard InChI is InChI=1S/C17H19N5O/c1-20(2)10-15-14-9-22(11-16(14)21(3)19-15)17(23)13-6-4-12(8-18)5-7-13/h4-7H,9-11H2,1-3H3. The molecule has 0 saturated carbocycles. The molecule has 0 saturated heterocycles. The number of amides is 1. The Morgan fingerprint density at radius 2 is 2.00 bits per heavy atom. The second-order valence-corrected chi connectivity index (χ2v) is 6.08. The summed E-state index contributed by atoms with van der Waals surface area (Å²) in [7, 11) is 5.94. The summed E-state index contributed by atoms with van der Waals surface area (Å²) >= 11 is 0. The van der Waals surface area contributed by atoms with Crippen LogP contribution in [-0.4, -0.2) is 39.6 Å². The molecule has 3 rings (SSSR count). The molecule has 0 radical (unpaired) electrons. The molecule has 1 amide bonds. The van der Waals surface area contributed by atoms with Gasteiger partial charge in [-0.3, -0.25) is 9.48 Å². The fourth-order valence-electron chi connectivity index (χ4n) is 2.91. The van der Waals surface area contributed by atoms with E-state index in [9.17, 15) is 4.79 Å². The number of nitriles is 1. The second kappa shape index (κ2) is 5.86. The number of nitrogens with zero attached hydrogens (tertiary/aromatic N) is 5. The average Bonchev–Trinajstić information content (AvgIpc) is 3.08. The summed E-state index contributed by atoms with van der Waals surface area (Å²) in [5.74, 6) is -0.0125. The van der Waals surface area contributed by atoms with Crippen molar-refractivity contribution in [3.63, 3.8) is 0 Å². The predicted molar refractivity (Wildman–Crippen MR) is 85.3 cm³/mol. The highest BCUT2D eigenvalue weighted by molar-refractivity contribution is 5.94. The van der Waals surface area contributed by atoms with E-state index in [-0.39, 0.29) is 5.91 Å². The van der Waals surface area contributed by atoms with E-state index in [1.54, 1.807) is 24.3 Å². The van der Waals surface area contributed by atoms with Crippen LogP contribution < -0.4 is 0 Å². The Bertz CT molecular complexity index is 783. The largest absolute Gasteiger partial charge is 0.328 e. The van der Waals surface area contributed by atoms with Gasteiger partial charge >= 0.3 is 0 Å². The minimum Gasteiger partial charge on any atom is -0.328 e. The van der Waals surface area contributed by atoms with Crippen LogP contribution in [0.3, 0.4) is 0 Å². The van der Waals surface area contributed by atoms with Crippen LogP contribution in [0.15, 0.2) is 24.3 Å². The Balaban J connectivity index is 1.81. The molecular formula is C17H19N5O. The summed E-state index contributed by atoms with van der Waals surface area (Å²) < 4.78 is 1.88. The van der Waals surface area contributed by atoms with Crippen molar-refractivity contribution in [3.8, 4) is 6.07 Å². The molecule has 1 aliphatic heterocycles. The van der Waals surface area contributed by atoms with Crippen LogP contribution in [0, 0.1) is 11.3 Å². The van der Waals surface area contributed by atoms with E-state index in [0.717, 1.165) is 23.5 Å². The third-order valence-corrected chi connectivity index (χ3v) is 4.06. The molecule has 6 nitrogen and oxygen atoms in total. The number of benzene rings is 1. The number of hydrogen-bond donors (Lipinski definition) is 0. The van der Waals surface area contributed by atoms with E-state index in [4.69, 9.17) is 5.26 Å². The molecule has 0 N–H and O–H groups in total. The van der Waals surface area contributed by atoms with Gasteiger partial charge in [-0.25, -0.2) is 0 Å². The summed E-state index contributed by atoms with van der Waals surface area (Å²) in [5, 5.41) is 13.4. The topological polar surface area (TPSA) is 65.2 Å². The van der Waals surface area contributed by atoms with Gasteiger partial charge in [0.2, 0.25) is 0 Å². The van der Waals surface area contributed by atoms with Gasteiger partial charge in [0, 0.05) is 24.7 Å². The van der Waals surface area contributed by atoms with E-state index in [0.29, 0.717) is 24.2 Å². The molecule has 0 atom stereocenters. The van der Waals surface area contributed by atoms with Crippen LogP contribution in [0.25, 0.3) is 0 Å². The van der Waals surface area contributed by atoms with Gasteiger partial charge in [-0.05, 0) is 38.4 Å². The Morgan fingerprint density at radius 3 is 2.61 bits per heavy atom. The van der Waals surface area contributed by atoms with Crippen molar-refractivity contribution in [2.24, 2.45) is 7.05 Å². The average molecular weight is 309 g/mol. The van der Waals surface area contributed by atoms with E-state index >= 15 is 0 Å². The Hall–Kier alpha value is -2.65. The second-order valence-electron chi connectivity index (χ2n) is 6.08. The lowest BCUT2D eigenvalue weighted by Gasteiger charge is -2.17. The SMILES string of the molecule is CN(C)Cc1nn(C)c2c1CN(C(=O)c1ccc(C#N)cc1)C2. The molecule has 6 heteroatoms. The van der Waals surface area contributed by atoms with Gasteiger partial charge in [0.25, 0.3) is 5.91 Å². The summed E-state index contributed by atoms with van der Waals surface area (Å²) in [4.78, 5) is 16.6. The molecule has 1 aromatic heterocycles. The first-order chi connectivity index (χ1) is 11.0. The first-order valence-corrected chi connectivity index (χ1v) is 7.47. The number of hydrogen-bond acceptors (Lipinski definition) is 4. The van der Waals surface area contributed by atoms with Crippen molar-refractivity contribution in [3.05, 3.63) is 52.3 Å². The van der Waals surface area contributed by atoms with Crippen LogP contribution in [-0.2, 0) is 26.7 Å². The maximum Gasteiger partial charge on any atom is 0.254 e. The van der Waals surface area contributed by atoms with E-state index in [1.165, 1.54) is 0 Å². The Labute approximate surface area is 135 Å². The van der Waals surface area contributed by atoms with Gasteiger partial charge in [0.1, 0.15) is 0 Å². The molecule has 2 aromatic rings. The molecule has 0 bridgehead atoms. The minimum atomic E-state index is -0.0125. The van der Waals surface area contributed by atoms with E-state index < -0.39 is 0 Å². The monoisotopic (exact) mass is 309 g/mol. The number of aryl methyl sites for hydroxylation is 1. The quantitative estimate of drug-likeness (QED) is 0.862. The molecule has 1 aliphatic rings. The van der Waals surface area contributed by atoms with Crippen molar-refractivity contribution in [2.75, 3.05) is 14.1 Å². The van der Waals surface area contributed by atoms with Crippen molar-refractivity contribution in [1.29, 1.82) is 5.26 Å². The number of aromatic nitrogens is 2. The van der Waals surface area contributed by atoms with Crippen molar-refractivity contribution < 1.29 is 4.79 Å². The molecule has 0 fully saturated rings. The highest BCUT2D eigenvalue weighted by Crippen LogP contribution is 2.27. The number of carbonyl (C=O) groups excluding carboxylic acids is 1. The van der Waals surface area contributed by atoms with Crippen LogP contribution in [0.1, 0.15) is 32.9 Å². The van der Waals surface area contributed by atoms with Gasteiger partial charge in [-0.1, -0.05) is 0 Å². The van der Waals surface area contributed by atoms with Crippen molar-refractivity contribution in [1.82, 2.24) is 19.6 Å². The highest BCUT2D eigenvalue weighted by Gasteiger charge is 2.30. The first kappa shape index (κ1) is 15.3. The number of carbonyl (C=O) groups is 1. The predicted octanol–water partition coefficient (Wildman–Crippen LogP) is 1.51.